The van der Waals surface area contributed by atoms with Crippen LogP contribution in [0.2, 0.25) is 10.0 Å². The second-order valence-corrected chi connectivity index (χ2v) is 12.1. The second-order valence-electron chi connectivity index (χ2n) is 11.2. The van der Waals surface area contributed by atoms with Crippen LogP contribution in [-0.2, 0) is 18.4 Å². The summed E-state index contributed by atoms with van der Waals surface area (Å²) < 4.78 is 18.7. The Bertz CT molecular complexity index is 1840. The molecule has 0 amide bonds. The highest BCUT2D eigenvalue weighted by Crippen LogP contribution is 2.56. The number of halogens is 2. The fourth-order valence-electron chi connectivity index (χ4n) is 6.02. The van der Waals surface area contributed by atoms with E-state index in [1.807, 2.05) is 25.2 Å². The molecule has 2 atom stereocenters. The lowest BCUT2D eigenvalue weighted by Gasteiger charge is -2.12. The lowest BCUT2D eigenvalue weighted by molar-refractivity contribution is 0.0595. The molecule has 42 heavy (non-hydrogen) atoms. The molecule has 3 aromatic carbocycles. The zero-order chi connectivity index (χ0) is 29.1. The quantitative estimate of drug-likeness (QED) is 0.166. The van der Waals surface area contributed by atoms with Crippen molar-refractivity contribution in [2.75, 3.05) is 7.11 Å². The summed E-state index contributed by atoms with van der Waals surface area (Å²) in [5.41, 5.74) is 7.25. The third kappa shape index (κ3) is 4.74. The maximum absolute atomic E-state index is 12.1. The van der Waals surface area contributed by atoms with Crippen molar-refractivity contribution in [1.29, 1.82) is 0 Å². The number of carbonyl (C=O) groups excluding carboxylic acids is 1. The Morgan fingerprint density at radius 3 is 2.57 bits per heavy atom. The van der Waals surface area contributed by atoms with Gasteiger partial charge in [0.25, 0.3) is 0 Å². The molecule has 2 aromatic heterocycles. The van der Waals surface area contributed by atoms with Gasteiger partial charge in [0, 0.05) is 23.9 Å². The van der Waals surface area contributed by atoms with Gasteiger partial charge in [-0.05, 0) is 85.0 Å². The number of nitrogens with zero attached hydrogens (tertiary/aromatic N) is 3. The lowest BCUT2D eigenvalue weighted by atomic mass is 9.99. The molecule has 2 saturated carbocycles. The van der Waals surface area contributed by atoms with Crippen molar-refractivity contribution in [3.05, 3.63) is 98.4 Å². The van der Waals surface area contributed by atoms with Crippen molar-refractivity contribution in [2.45, 2.75) is 50.5 Å². The molecule has 2 unspecified atom stereocenters. The molecule has 5 aromatic rings. The van der Waals surface area contributed by atoms with Gasteiger partial charge >= 0.3 is 5.97 Å². The normalized spacial score (nSPS) is 17.9. The summed E-state index contributed by atoms with van der Waals surface area (Å²) in [7, 11) is 3.23. The highest BCUT2D eigenvalue weighted by molar-refractivity contribution is 6.39. The van der Waals surface area contributed by atoms with E-state index in [0.717, 1.165) is 47.2 Å². The number of carbonyl (C=O) groups is 1. The van der Waals surface area contributed by atoms with Crippen molar-refractivity contribution in [1.82, 2.24) is 14.9 Å². The molecule has 0 saturated heterocycles. The molecule has 0 aliphatic heterocycles. The Labute approximate surface area is 253 Å². The molecule has 2 aliphatic carbocycles. The van der Waals surface area contributed by atoms with Crippen molar-refractivity contribution in [3.63, 3.8) is 0 Å². The third-order valence-electron chi connectivity index (χ3n) is 8.46. The standard InChI is InChI=1S/C33H29Cl2N3O4/c1-17-13-20(41-16-25-30(37-42-32(25)18-7-8-18)29-26(34)5-4-6-27(29)35)10-12-21(17)24-15-23(24)19-9-11-22-28(14-19)38(2)36-31(22)33(39)40-3/h4-6,9-14,18,23-24H,7-8,15-16H2,1-3H3. The van der Waals surface area contributed by atoms with Crippen LogP contribution in [-0.4, -0.2) is 28.0 Å². The predicted octanol–water partition coefficient (Wildman–Crippen LogP) is 8.36. The average molecular weight is 603 g/mol. The molecule has 9 heteroatoms. The highest BCUT2D eigenvalue weighted by atomic mass is 35.5. The number of esters is 1. The summed E-state index contributed by atoms with van der Waals surface area (Å²) in [4.78, 5) is 12.1. The van der Waals surface area contributed by atoms with Crippen LogP contribution in [0.25, 0.3) is 22.2 Å². The molecule has 7 rings (SSSR count). The Balaban J connectivity index is 1.09. The summed E-state index contributed by atoms with van der Waals surface area (Å²) in [6.45, 7) is 2.45. The first-order valence-electron chi connectivity index (χ1n) is 14.0. The van der Waals surface area contributed by atoms with E-state index in [9.17, 15) is 4.79 Å². The topological polar surface area (TPSA) is 79.4 Å². The van der Waals surface area contributed by atoms with E-state index in [2.05, 4.69) is 41.4 Å². The molecule has 0 spiro atoms. The molecule has 0 N–H and O–H groups in total. The van der Waals surface area contributed by atoms with Gasteiger partial charge in [0.2, 0.25) is 0 Å². The number of methoxy groups -OCH3 is 1. The molecule has 7 nitrogen and oxygen atoms in total. The number of aromatic nitrogens is 3. The Hall–Kier alpha value is -3.81. The van der Waals surface area contributed by atoms with Gasteiger partial charge in [-0.25, -0.2) is 4.79 Å². The van der Waals surface area contributed by atoms with E-state index in [-0.39, 0.29) is 0 Å². The number of aryl methyl sites for hydroxylation is 2. The average Bonchev–Trinajstić information content (AvgIpc) is 3.91. The summed E-state index contributed by atoms with van der Waals surface area (Å²) in [6, 6.07) is 18.0. The molecular weight excluding hydrogens is 573 g/mol. The minimum atomic E-state index is -0.424. The van der Waals surface area contributed by atoms with Crippen LogP contribution in [0.1, 0.15) is 75.5 Å². The number of fused-ring (bicyclic) bond motifs is 1. The van der Waals surface area contributed by atoms with Gasteiger partial charge in [-0.2, -0.15) is 5.10 Å². The molecule has 0 bridgehead atoms. The van der Waals surface area contributed by atoms with Crippen LogP contribution < -0.4 is 4.74 Å². The van der Waals surface area contributed by atoms with Crippen molar-refractivity contribution >= 4 is 40.1 Å². The SMILES string of the molecule is COC(=O)c1nn(C)c2cc(C3CC3c3ccc(OCc4c(-c5c(Cl)cccc5Cl)noc4C4CC4)cc3C)ccc12. The van der Waals surface area contributed by atoms with Crippen LogP contribution >= 0.6 is 23.2 Å². The zero-order valence-electron chi connectivity index (χ0n) is 23.5. The minimum Gasteiger partial charge on any atom is -0.489 e. The van der Waals surface area contributed by atoms with Gasteiger partial charge in [-0.15, -0.1) is 0 Å². The van der Waals surface area contributed by atoms with Gasteiger partial charge < -0.3 is 14.0 Å². The fraction of sp³-hybridized carbons (Fsp3) is 0.303. The van der Waals surface area contributed by atoms with Gasteiger partial charge in [0.15, 0.2) is 5.69 Å². The highest BCUT2D eigenvalue weighted by Gasteiger charge is 2.40. The fourth-order valence-corrected chi connectivity index (χ4v) is 6.59. The molecule has 2 aliphatic rings. The van der Waals surface area contributed by atoms with E-state index >= 15 is 0 Å². The van der Waals surface area contributed by atoms with Crippen LogP contribution in [0.5, 0.6) is 5.75 Å². The van der Waals surface area contributed by atoms with Crippen LogP contribution in [0, 0.1) is 6.92 Å². The van der Waals surface area contributed by atoms with Gasteiger partial charge in [0.05, 0.1) is 28.2 Å². The Kier molecular flexibility index (Phi) is 6.75. The maximum atomic E-state index is 12.1. The Morgan fingerprint density at radius 2 is 1.86 bits per heavy atom. The third-order valence-corrected chi connectivity index (χ3v) is 9.09. The van der Waals surface area contributed by atoms with Crippen LogP contribution in [0.15, 0.2) is 59.1 Å². The monoisotopic (exact) mass is 601 g/mol. The number of ether oxygens (including phenoxy) is 2. The maximum Gasteiger partial charge on any atom is 0.359 e. The van der Waals surface area contributed by atoms with Crippen LogP contribution in [0.3, 0.4) is 0 Å². The van der Waals surface area contributed by atoms with Crippen molar-refractivity contribution < 1.29 is 18.8 Å². The molecular formula is C33H29Cl2N3O4. The van der Waals surface area contributed by atoms with Gasteiger partial charge in [-0.3, -0.25) is 4.68 Å². The number of rotatable bonds is 8. The summed E-state index contributed by atoms with van der Waals surface area (Å²) >= 11 is 13.0. The smallest absolute Gasteiger partial charge is 0.359 e. The first-order chi connectivity index (χ1) is 20.3. The summed E-state index contributed by atoms with van der Waals surface area (Å²) in [5.74, 6) is 2.43. The van der Waals surface area contributed by atoms with E-state index in [4.69, 9.17) is 37.2 Å². The van der Waals surface area contributed by atoms with E-state index in [0.29, 0.717) is 51.4 Å². The number of hydrogen-bond donors (Lipinski definition) is 0. The molecule has 2 heterocycles. The molecule has 2 fully saturated rings. The first-order valence-corrected chi connectivity index (χ1v) is 14.8. The van der Waals surface area contributed by atoms with Crippen molar-refractivity contribution in [2.24, 2.45) is 7.05 Å². The lowest BCUT2D eigenvalue weighted by Crippen LogP contribution is -2.03. The second kappa shape index (κ2) is 10.5. The molecule has 0 radical (unpaired) electrons. The largest absolute Gasteiger partial charge is 0.489 e. The summed E-state index contributed by atoms with van der Waals surface area (Å²) in [6.07, 6.45) is 3.23. The molecule has 214 valence electrons. The summed E-state index contributed by atoms with van der Waals surface area (Å²) in [5, 5.41) is 10.6. The first kappa shape index (κ1) is 27.0. The van der Waals surface area contributed by atoms with E-state index in [1.54, 1.807) is 16.8 Å². The number of benzene rings is 3. The Morgan fingerprint density at radius 1 is 1.07 bits per heavy atom. The van der Waals surface area contributed by atoms with E-state index < -0.39 is 5.97 Å². The van der Waals surface area contributed by atoms with Gasteiger partial charge in [-0.1, -0.05) is 52.6 Å². The predicted molar refractivity (Wildman–Crippen MR) is 162 cm³/mol. The number of hydrogen-bond acceptors (Lipinski definition) is 6. The minimum absolute atomic E-state index is 0.315. The van der Waals surface area contributed by atoms with Gasteiger partial charge in [0.1, 0.15) is 23.8 Å². The van der Waals surface area contributed by atoms with Crippen molar-refractivity contribution in [3.8, 4) is 17.0 Å². The van der Waals surface area contributed by atoms with E-state index in [1.165, 1.54) is 23.8 Å². The zero-order valence-corrected chi connectivity index (χ0v) is 25.0. The van der Waals surface area contributed by atoms with Crippen LogP contribution in [0.4, 0.5) is 0 Å².